The van der Waals surface area contributed by atoms with Crippen LogP contribution in [0.1, 0.15) is 26.3 Å². The first-order valence-corrected chi connectivity index (χ1v) is 7.97. The monoisotopic (exact) mass is 367 g/mol. The lowest BCUT2D eigenvalue weighted by atomic mass is 10.2. The highest BCUT2D eigenvalue weighted by Gasteiger charge is 2.17. The summed E-state index contributed by atoms with van der Waals surface area (Å²) in [4.78, 5) is 23.6. The zero-order valence-electron chi connectivity index (χ0n) is 15.4. The zero-order chi connectivity index (χ0) is 19.5. The van der Waals surface area contributed by atoms with Gasteiger partial charge in [0, 0.05) is 13.1 Å². The molecule has 1 amide bonds. The number of ether oxygens (including phenoxy) is 2. The molecule has 0 radical (unpaired) electrons. The minimum atomic E-state index is -0.606. The van der Waals surface area contributed by atoms with E-state index >= 15 is 0 Å². The molecule has 0 bridgehead atoms. The molecule has 0 saturated carbocycles. The van der Waals surface area contributed by atoms with Crippen LogP contribution in [0.15, 0.2) is 16.9 Å². The lowest BCUT2D eigenvalue weighted by Gasteiger charge is -2.19. The molecule has 9 nitrogen and oxygen atoms in total. The Kier molecular flexibility index (Phi) is 5.63. The number of benzene rings is 1. The lowest BCUT2D eigenvalue weighted by Crippen LogP contribution is -2.34. The van der Waals surface area contributed by atoms with E-state index in [1.165, 1.54) is 19.2 Å². The molecule has 0 spiro atoms. The van der Waals surface area contributed by atoms with Crippen LogP contribution in [-0.4, -0.2) is 44.6 Å². The van der Waals surface area contributed by atoms with Gasteiger partial charge in [-0.3, -0.25) is 0 Å². The third-order valence-electron chi connectivity index (χ3n) is 3.22. The number of aromatic nitrogens is 4. The number of halogens is 1. The second kappa shape index (κ2) is 7.54. The maximum Gasteiger partial charge on any atom is 0.407 e. The van der Waals surface area contributed by atoms with Gasteiger partial charge in [-0.05, 0) is 49.8 Å². The molecule has 2 rings (SSSR count). The third kappa shape index (κ3) is 4.80. The van der Waals surface area contributed by atoms with Gasteiger partial charge in [-0.2, -0.15) is 9.36 Å². The highest BCUT2D eigenvalue weighted by atomic mass is 19.1. The smallest absolute Gasteiger partial charge is 0.407 e. The Bertz CT molecular complexity index is 853. The van der Waals surface area contributed by atoms with Gasteiger partial charge in [0.25, 0.3) is 0 Å². The Morgan fingerprint density at radius 2 is 2.00 bits per heavy atom. The van der Waals surface area contributed by atoms with Crippen LogP contribution in [0.4, 0.5) is 9.18 Å². The molecular weight excluding hydrogens is 345 g/mol. The van der Waals surface area contributed by atoms with Crippen LogP contribution >= 0.6 is 0 Å². The van der Waals surface area contributed by atoms with E-state index in [2.05, 4.69) is 15.7 Å². The topological polar surface area (TPSA) is 100 Å². The van der Waals surface area contributed by atoms with Crippen molar-refractivity contribution in [3.05, 3.63) is 34.0 Å². The van der Waals surface area contributed by atoms with Gasteiger partial charge in [0.15, 0.2) is 0 Å². The number of nitrogens with one attached hydrogen (secondary N) is 1. The summed E-state index contributed by atoms with van der Waals surface area (Å²) in [5, 5.41) is 9.90. The largest absolute Gasteiger partial charge is 0.489 e. The van der Waals surface area contributed by atoms with Crippen molar-refractivity contribution in [3.8, 4) is 11.4 Å². The van der Waals surface area contributed by atoms with E-state index in [0.717, 1.165) is 9.36 Å². The molecule has 1 aromatic carbocycles. The number of nitrogens with zero attached hydrogens (tertiary/aromatic N) is 4. The highest BCUT2D eigenvalue weighted by Crippen LogP contribution is 2.25. The number of hydrogen-bond donors (Lipinski definition) is 1. The Hall–Kier alpha value is -2.91. The summed E-state index contributed by atoms with van der Waals surface area (Å²) in [6.07, 6.45) is -0.582. The molecule has 0 atom stereocenters. The summed E-state index contributed by atoms with van der Waals surface area (Å²) in [6, 6.07) is 2.61. The first kappa shape index (κ1) is 19.4. The SMILES string of the molecule is Cc1cc(-n2nnn(C)c2=O)c(OCCNC(=O)OC(C)(C)C)cc1F. The van der Waals surface area contributed by atoms with Gasteiger partial charge in [-0.25, -0.2) is 14.0 Å². The maximum atomic E-state index is 13.9. The Morgan fingerprint density at radius 3 is 2.58 bits per heavy atom. The van der Waals surface area contributed by atoms with Gasteiger partial charge >= 0.3 is 11.8 Å². The molecule has 2 aromatic rings. The van der Waals surface area contributed by atoms with Crippen LogP contribution in [0.3, 0.4) is 0 Å². The quantitative estimate of drug-likeness (QED) is 0.800. The molecule has 0 saturated heterocycles. The first-order chi connectivity index (χ1) is 12.1. The molecule has 0 aliphatic rings. The molecular formula is C16H22FN5O4. The number of hydrogen-bond acceptors (Lipinski definition) is 6. The van der Waals surface area contributed by atoms with Crippen molar-refractivity contribution < 1.29 is 18.7 Å². The van der Waals surface area contributed by atoms with E-state index in [-0.39, 0.29) is 24.6 Å². The normalized spacial score (nSPS) is 11.3. The predicted molar refractivity (Wildman–Crippen MR) is 91.0 cm³/mol. The number of alkyl carbamates (subject to hydrolysis) is 1. The van der Waals surface area contributed by atoms with Crippen LogP contribution in [-0.2, 0) is 11.8 Å². The second-order valence-corrected chi connectivity index (χ2v) is 6.64. The van der Waals surface area contributed by atoms with Gasteiger partial charge < -0.3 is 14.8 Å². The van der Waals surface area contributed by atoms with Crippen molar-refractivity contribution in [2.45, 2.75) is 33.3 Å². The molecule has 26 heavy (non-hydrogen) atoms. The molecule has 1 heterocycles. The lowest BCUT2D eigenvalue weighted by molar-refractivity contribution is 0.0520. The van der Waals surface area contributed by atoms with Crippen molar-refractivity contribution in [1.82, 2.24) is 25.1 Å². The summed E-state index contributed by atoms with van der Waals surface area (Å²) in [6.45, 7) is 7.01. The molecule has 0 fully saturated rings. The van der Waals surface area contributed by atoms with E-state index in [9.17, 15) is 14.0 Å². The molecule has 142 valence electrons. The summed E-state index contributed by atoms with van der Waals surface area (Å²) in [7, 11) is 1.45. The van der Waals surface area contributed by atoms with Crippen LogP contribution in [0.25, 0.3) is 5.69 Å². The minimum Gasteiger partial charge on any atom is -0.489 e. The van der Waals surface area contributed by atoms with E-state index in [1.54, 1.807) is 27.7 Å². The van der Waals surface area contributed by atoms with Gasteiger partial charge in [0.05, 0.1) is 6.54 Å². The van der Waals surface area contributed by atoms with Crippen molar-refractivity contribution in [2.24, 2.45) is 7.05 Å². The van der Waals surface area contributed by atoms with Gasteiger partial charge in [0.1, 0.15) is 29.5 Å². The molecule has 1 N–H and O–H groups in total. The van der Waals surface area contributed by atoms with Crippen molar-refractivity contribution >= 4 is 6.09 Å². The van der Waals surface area contributed by atoms with Crippen molar-refractivity contribution in [3.63, 3.8) is 0 Å². The number of tetrazole rings is 1. The maximum absolute atomic E-state index is 13.9. The fraction of sp³-hybridized carbons (Fsp3) is 0.500. The molecule has 0 unspecified atom stereocenters. The summed E-state index contributed by atoms with van der Waals surface area (Å²) in [5.41, 5.74) is -0.505. The number of amides is 1. The molecule has 1 aromatic heterocycles. The molecule has 10 heteroatoms. The van der Waals surface area contributed by atoms with Crippen molar-refractivity contribution in [1.29, 1.82) is 0 Å². The van der Waals surface area contributed by atoms with Crippen LogP contribution in [0.2, 0.25) is 0 Å². The summed E-state index contributed by atoms with van der Waals surface area (Å²) < 4.78 is 26.6. The second-order valence-electron chi connectivity index (χ2n) is 6.64. The molecule has 0 aliphatic heterocycles. The van der Waals surface area contributed by atoms with Gasteiger partial charge in [-0.15, -0.1) is 0 Å². The average molecular weight is 367 g/mol. The van der Waals surface area contributed by atoms with E-state index in [0.29, 0.717) is 5.56 Å². The number of aryl methyl sites for hydroxylation is 2. The Balaban J connectivity index is 2.10. The van der Waals surface area contributed by atoms with Crippen LogP contribution < -0.4 is 15.7 Å². The van der Waals surface area contributed by atoms with E-state index in [1.807, 2.05) is 0 Å². The minimum absolute atomic E-state index is 0.0454. The van der Waals surface area contributed by atoms with Crippen LogP contribution in [0.5, 0.6) is 5.75 Å². The van der Waals surface area contributed by atoms with Crippen LogP contribution in [0, 0.1) is 12.7 Å². The molecule has 0 aliphatic carbocycles. The predicted octanol–water partition coefficient (Wildman–Crippen LogP) is 1.32. The Morgan fingerprint density at radius 1 is 1.31 bits per heavy atom. The fourth-order valence-electron chi connectivity index (χ4n) is 2.02. The zero-order valence-corrected chi connectivity index (χ0v) is 15.4. The first-order valence-electron chi connectivity index (χ1n) is 7.97. The third-order valence-corrected chi connectivity index (χ3v) is 3.22. The standard InChI is InChI=1S/C16H22FN5O4/c1-10-8-12(22-15(24)21(5)19-20-22)13(9-11(10)17)25-7-6-18-14(23)26-16(2,3)4/h8-9H,6-7H2,1-5H3,(H,18,23). The summed E-state index contributed by atoms with van der Waals surface area (Å²) >= 11 is 0. The Labute approximate surface area is 149 Å². The van der Waals surface area contributed by atoms with E-state index < -0.39 is 23.2 Å². The average Bonchev–Trinajstić information content (AvgIpc) is 2.85. The van der Waals surface area contributed by atoms with Gasteiger partial charge in [-0.1, -0.05) is 0 Å². The highest BCUT2D eigenvalue weighted by molar-refractivity contribution is 5.67. The van der Waals surface area contributed by atoms with E-state index in [4.69, 9.17) is 9.47 Å². The number of carbonyl (C=O) groups excluding carboxylic acids is 1. The number of carbonyl (C=O) groups is 1. The number of rotatable bonds is 5. The van der Waals surface area contributed by atoms with Gasteiger partial charge in [0.2, 0.25) is 0 Å². The summed E-state index contributed by atoms with van der Waals surface area (Å²) in [5.74, 6) is -0.373. The van der Waals surface area contributed by atoms with Crippen molar-refractivity contribution in [2.75, 3.05) is 13.2 Å². The fourth-order valence-corrected chi connectivity index (χ4v) is 2.02.